The van der Waals surface area contributed by atoms with Gasteiger partial charge in [-0.1, -0.05) is 12.1 Å². The summed E-state index contributed by atoms with van der Waals surface area (Å²) in [6, 6.07) is 4.54. The normalized spacial score (nSPS) is 17.2. The van der Waals surface area contributed by atoms with E-state index >= 15 is 0 Å². The number of rotatable bonds is 4. The molecule has 8 nitrogen and oxygen atoms in total. The molecule has 2 aromatic carbocycles. The molecular formula is C21H17NO7. The first kappa shape index (κ1) is 18.9. The van der Waals surface area contributed by atoms with E-state index in [9.17, 15) is 24.4 Å². The smallest absolute Gasteiger partial charge is 0.200 e. The quantitative estimate of drug-likeness (QED) is 0.648. The van der Waals surface area contributed by atoms with Gasteiger partial charge in [-0.3, -0.25) is 14.4 Å². The summed E-state index contributed by atoms with van der Waals surface area (Å²) >= 11 is 0. The minimum absolute atomic E-state index is 0.0286. The van der Waals surface area contributed by atoms with Crippen molar-refractivity contribution in [3.63, 3.8) is 0 Å². The van der Waals surface area contributed by atoms with E-state index in [0.29, 0.717) is 12.0 Å². The highest BCUT2D eigenvalue weighted by Gasteiger charge is 2.41. The number of hydrogen-bond acceptors (Lipinski definition) is 8. The van der Waals surface area contributed by atoms with Crippen molar-refractivity contribution in [1.82, 2.24) is 0 Å². The van der Waals surface area contributed by atoms with Gasteiger partial charge in [-0.15, -0.1) is 4.91 Å². The fourth-order valence-corrected chi connectivity index (χ4v) is 4.31. The van der Waals surface area contributed by atoms with Crippen molar-refractivity contribution < 1.29 is 29.3 Å². The van der Waals surface area contributed by atoms with Crippen molar-refractivity contribution in [3.05, 3.63) is 56.5 Å². The van der Waals surface area contributed by atoms with Crippen LogP contribution in [0.25, 0.3) is 0 Å². The summed E-state index contributed by atoms with van der Waals surface area (Å²) in [4.78, 5) is 50.0. The highest BCUT2D eigenvalue weighted by atomic mass is 16.5. The first-order valence-corrected chi connectivity index (χ1v) is 9.08. The third-order valence-electron chi connectivity index (χ3n) is 5.73. The summed E-state index contributed by atoms with van der Waals surface area (Å²) < 4.78 is 5.21. The van der Waals surface area contributed by atoms with E-state index in [1.807, 2.05) is 0 Å². The predicted octanol–water partition coefficient (Wildman–Crippen LogP) is 2.24. The minimum atomic E-state index is -0.630. The number of aliphatic hydroxyl groups excluding tert-OH is 1. The van der Waals surface area contributed by atoms with Crippen LogP contribution in [0.5, 0.6) is 11.5 Å². The lowest BCUT2D eigenvalue weighted by Gasteiger charge is -2.29. The summed E-state index contributed by atoms with van der Waals surface area (Å²) in [7, 11) is 1.37. The fraction of sp³-hybridized carbons (Fsp3) is 0.286. The molecule has 1 atom stereocenters. The summed E-state index contributed by atoms with van der Waals surface area (Å²) in [6.07, 6.45) is 0.617. The number of phenolic OH excluding ortho intramolecular Hbond substituents is 1. The molecule has 0 amide bonds. The number of carbonyl (C=O) groups excluding carboxylic acids is 3. The zero-order valence-electron chi connectivity index (χ0n) is 15.5. The lowest BCUT2D eigenvalue weighted by atomic mass is 9.74. The number of aliphatic hydroxyl groups is 1. The average Bonchev–Trinajstić information content (AvgIpc) is 2.75. The number of phenols is 1. The van der Waals surface area contributed by atoms with Crippen LogP contribution in [0.15, 0.2) is 23.4 Å². The van der Waals surface area contributed by atoms with Crippen LogP contribution >= 0.6 is 0 Å². The van der Waals surface area contributed by atoms with Gasteiger partial charge in [0.15, 0.2) is 11.6 Å². The van der Waals surface area contributed by atoms with E-state index in [1.54, 1.807) is 6.07 Å². The zero-order chi connectivity index (χ0) is 20.9. The van der Waals surface area contributed by atoms with Crippen LogP contribution < -0.4 is 4.74 Å². The standard InChI is InChI=1S/C21H17NO7/c1-29-14-4-2-3-11-15(14)21(27)16-17(19(11)25)20(26)12-7-9(13(24)8-23)5-6-10(12)18(16)22-28/h2-4,9,23,26H,5-8H2,1H3. The van der Waals surface area contributed by atoms with E-state index < -0.39 is 29.8 Å². The highest BCUT2D eigenvalue weighted by molar-refractivity contribution is 6.32. The number of carbonyl (C=O) groups is 3. The van der Waals surface area contributed by atoms with Crippen LogP contribution in [0.2, 0.25) is 0 Å². The molecule has 0 heterocycles. The maximum absolute atomic E-state index is 13.2. The molecule has 2 N–H and O–H groups in total. The highest BCUT2D eigenvalue weighted by Crippen LogP contribution is 2.47. The molecule has 1 unspecified atom stereocenters. The topological polar surface area (TPSA) is 130 Å². The molecule has 4 rings (SSSR count). The van der Waals surface area contributed by atoms with Gasteiger partial charge < -0.3 is 14.9 Å². The Labute approximate surface area is 165 Å². The molecule has 0 aromatic heterocycles. The summed E-state index contributed by atoms with van der Waals surface area (Å²) in [5.74, 6) is -2.38. The minimum Gasteiger partial charge on any atom is -0.507 e. The number of hydrogen-bond donors (Lipinski definition) is 2. The fourth-order valence-electron chi connectivity index (χ4n) is 4.31. The number of aromatic hydroxyl groups is 1. The van der Waals surface area contributed by atoms with E-state index in [0.717, 1.165) is 0 Å². The maximum atomic E-state index is 13.2. The molecule has 0 spiro atoms. The number of nitroso groups, excluding NO2 is 1. The van der Waals surface area contributed by atoms with Crippen molar-refractivity contribution in [2.24, 2.45) is 11.1 Å². The number of fused-ring (bicyclic) bond motifs is 3. The second kappa shape index (κ2) is 6.89. The van der Waals surface area contributed by atoms with Crippen molar-refractivity contribution in [3.8, 4) is 11.5 Å². The molecule has 2 aliphatic carbocycles. The van der Waals surface area contributed by atoms with E-state index in [4.69, 9.17) is 9.84 Å². The number of benzene rings is 2. The number of methoxy groups -OCH3 is 1. The third kappa shape index (κ3) is 2.60. The van der Waals surface area contributed by atoms with Crippen LogP contribution in [0.3, 0.4) is 0 Å². The Morgan fingerprint density at radius 1 is 1.17 bits per heavy atom. The van der Waals surface area contributed by atoms with E-state index in [-0.39, 0.29) is 57.9 Å². The lowest BCUT2D eigenvalue weighted by molar-refractivity contribution is -0.125. The SMILES string of the molecule is COc1cccc2c1C(=O)c1c(N=O)c3c(c(O)c1C2=O)CC(C(=O)CO)CC3. The molecule has 148 valence electrons. The Balaban J connectivity index is 1.99. The molecule has 0 radical (unpaired) electrons. The zero-order valence-corrected chi connectivity index (χ0v) is 15.5. The second-order valence-electron chi connectivity index (χ2n) is 7.10. The van der Waals surface area contributed by atoms with Crippen LogP contribution in [-0.4, -0.2) is 41.3 Å². The monoisotopic (exact) mass is 395 g/mol. The summed E-state index contributed by atoms with van der Waals surface area (Å²) in [5, 5.41) is 23.1. The van der Waals surface area contributed by atoms with Gasteiger partial charge in [0.05, 0.1) is 23.8 Å². The molecule has 0 bridgehead atoms. The van der Waals surface area contributed by atoms with Crippen LogP contribution in [0.1, 0.15) is 49.4 Å². The largest absolute Gasteiger partial charge is 0.507 e. The molecule has 0 saturated carbocycles. The first-order chi connectivity index (χ1) is 13.9. The van der Waals surface area contributed by atoms with E-state index in [1.165, 1.54) is 19.2 Å². The van der Waals surface area contributed by atoms with E-state index in [2.05, 4.69) is 5.18 Å². The first-order valence-electron chi connectivity index (χ1n) is 9.08. The van der Waals surface area contributed by atoms with Crippen LogP contribution in [0.4, 0.5) is 5.69 Å². The van der Waals surface area contributed by atoms with Crippen molar-refractivity contribution in [1.29, 1.82) is 0 Å². The Kier molecular flexibility index (Phi) is 4.50. The van der Waals surface area contributed by atoms with Gasteiger partial charge in [0.2, 0.25) is 5.78 Å². The molecule has 8 heteroatoms. The molecule has 2 aromatic rings. The Bertz CT molecular complexity index is 1100. The van der Waals surface area contributed by atoms with Gasteiger partial charge in [-0.25, -0.2) is 0 Å². The number of ketones is 3. The van der Waals surface area contributed by atoms with Gasteiger partial charge in [-0.2, -0.15) is 0 Å². The lowest BCUT2D eigenvalue weighted by Crippen LogP contribution is -2.28. The molecule has 2 aliphatic rings. The Morgan fingerprint density at radius 3 is 2.59 bits per heavy atom. The third-order valence-corrected chi connectivity index (χ3v) is 5.73. The predicted molar refractivity (Wildman–Crippen MR) is 101 cm³/mol. The Morgan fingerprint density at radius 2 is 1.93 bits per heavy atom. The summed E-state index contributed by atoms with van der Waals surface area (Å²) in [6.45, 7) is -0.630. The number of nitrogens with zero attached hydrogens (tertiary/aromatic N) is 1. The van der Waals surface area contributed by atoms with Gasteiger partial charge >= 0.3 is 0 Å². The maximum Gasteiger partial charge on any atom is 0.200 e. The molecule has 0 fully saturated rings. The Hall–Kier alpha value is -3.39. The second-order valence-corrected chi connectivity index (χ2v) is 7.10. The van der Waals surface area contributed by atoms with Gasteiger partial charge in [0, 0.05) is 17.0 Å². The van der Waals surface area contributed by atoms with Crippen LogP contribution in [-0.2, 0) is 17.6 Å². The number of Topliss-reactive ketones (excluding diaryl/α,β-unsaturated/α-hetero) is 1. The van der Waals surface area contributed by atoms with Crippen molar-refractivity contribution in [2.45, 2.75) is 19.3 Å². The summed E-state index contributed by atoms with van der Waals surface area (Å²) in [5.41, 5.74) is 0.0132. The van der Waals surface area contributed by atoms with Crippen molar-refractivity contribution in [2.75, 3.05) is 13.7 Å². The molecule has 0 saturated heterocycles. The van der Waals surface area contributed by atoms with Crippen molar-refractivity contribution >= 4 is 23.0 Å². The van der Waals surface area contributed by atoms with Gasteiger partial charge in [0.1, 0.15) is 23.8 Å². The average molecular weight is 395 g/mol. The van der Waals surface area contributed by atoms with Gasteiger partial charge in [0.25, 0.3) is 0 Å². The molecule has 29 heavy (non-hydrogen) atoms. The van der Waals surface area contributed by atoms with Gasteiger partial charge in [-0.05, 0) is 36.1 Å². The molecular weight excluding hydrogens is 378 g/mol. The molecule has 0 aliphatic heterocycles. The number of ether oxygens (including phenoxy) is 1. The van der Waals surface area contributed by atoms with Crippen LogP contribution in [0, 0.1) is 10.8 Å².